The van der Waals surface area contributed by atoms with Gasteiger partial charge in [-0.15, -0.1) is 11.3 Å². The van der Waals surface area contributed by atoms with Crippen LogP contribution < -0.4 is 5.73 Å². The van der Waals surface area contributed by atoms with Gasteiger partial charge in [-0.25, -0.2) is 0 Å². The van der Waals surface area contributed by atoms with E-state index in [1.165, 1.54) is 24.2 Å². The van der Waals surface area contributed by atoms with Crippen molar-refractivity contribution in [2.75, 3.05) is 0 Å². The zero-order valence-corrected chi connectivity index (χ0v) is 8.18. The van der Waals surface area contributed by atoms with Crippen molar-refractivity contribution in [2.24, 2.45) is 11.7 Å². The van der Waals surface area contributed by atoms with Gasteiger partial charge in [0.2, 0.25) is 0 Å². The molecular formula is C10H12N2S. The van der Waals surface area contributed by atoms with Crippen LogP contribution in [-0.2, 0) is 0 Å². The molecule has 68 valence electrons. The van der Waals surface area contributed by atoms with Crippen molar-refractivity contribution in [3.05, 3.63) is 21.9 Å². The first-order chi connectivity index (χ1) is 6.29. The van der Waals surface area contributed by atoms with Crippen LogP contribution in [0, 0.1) is 17.2 Å². The standard InChI is InChI=1S/C10H12N2S/c11-5-9-4-8(6-13-9)10(12)3-7-1-2-7/h4,6-7,10H,1-3,12H2. The first-order valence-corrected chi connectivity index (χ1v) is 5.41. The molecule has 0 bridgehead atoms. The molecule has 1 aliphatic carbocycles. The maximum atomic E-state index is 8.65. The number of thiophene rings is 1. The summed E-state index contributed by atoms with van der Waals surface area (Å²) in [4.78, 5) is 0.765. The van der Waals surface area contributed by atoms with Crippen molar-refractivity contribution in [3.63, 3.8) is 0 Å². The van der Waals surface area contributed by atoms with Gasteiger partial charge < -0.3 is 5.73 Å². The molecule has 3 heteroatoms. The van der Waals surface area contributed by atoms with Gasteiger partial charge in [-0.05, 0) is 29.3 Å². The first-order valence-electron chi connectivity index (χ1n) is 4.53. The number of hydrogen-bond acceptors (Lipinski definition) is 3. The molecule has 2 rings (SSSR count). The highest BCUT2D eigenvalue weighted by atomic mass is 32.1. The third kappa shape index (κ3) is 2.09. The summed E-state index contributed by atoms with van der Waals surface area (Å²) in [5, 5.41) is 10.7. The molecule has 1 fully saturated rings. The number of nitrogens with zero attached hydrogens (tertiary/aromatic N) is 1. The number of nitrogens with two attached hydrogens (primary N) is 1. The SMILES string of the molecule is N#Cc1cc(C(N)CC2CC2)cs1. The van der Waals surface area contributed by atoms with Gasteiger partial charge in [0.1, 0.15) is 10.9 Å². The molecule has 1 aromatic heterocycles. The van der Waals surface area contributed by atoms with Crippen LogP contribution in [0.4, 0.5) is 0 Å². The minimum atomic E-state index is 0.144. The van der Waals surface area contributed by atoms with E-state index in [9.17, 15) is 0 Å². The molecule has 0 aromatic carbocycles. The van der Waals surface area contributed by atoms with Crippen molar-refractivity contribution in [3.8, 4) is 6.07 Å². The van der Waals surface area contributed by atoms with Gasteiger partial charge in [-0.2, -0.15) is 5.26 Å². The smallest absolute Gasteiger partial charge is 0.110 e. The Balaban J connectivity index is 2.01. The average Bonchev–Trinajstić information content (AvgIpc) is 2.82. The Morgan fingerprint density at radius 3 is 3.00 bits per heavy atom. The minimum Gasteiger partial charge on any atom is -0.324 e. The van der Waals surface area contributed by atoms with Gasteiger partial charge in [-0.1, -0.05) is 12.8 Å². The summed E-state index contributed by atoms with van der Waals surface area (Å²) in [6.45, 7) is 0. The summed E-state index contributed by atoms with van der Waals surface area (Å²) in [6.07, 6.45) is 3.76. The molecule has 0 spiro atoms. The lowest BCUT2D eigenvalue weighted by Gasteiger charge is -2.07. The van der Waals surface area contributed by atoms with Gasteiger partial charge in [0.15, 0.2) is 0 Å². The van der Waals surface area contributed by atoms with Crippen LogP contribution in [0.1, 0.15) is 35.7 Å². The summed E-state index contributed by atoms with van der Waals surface area (Å²) in [6, 6.07) is 4.19. The molecule has 0 aliphatic heterocycles. The predicted octanol–water partition coefficient (Wildman–Crippen LogP) is 2.42. The van der Waals surface area contributed by atoms with Crippen LogP contribution in [-0.4, -0.2) is 0 Å². The summed E-state index contributed by atoms with van der Waals surface area (Å²) < 4.78 is 0. The lowest BCUT2D eigenvalue weighted by Crippen LogP contribution is -2.09. The molecule has 1 aliphatic rings. The Morgan fingerprint density at radius 2 is 2.46 bits per heavy atom. The van der Waals surface area contributed by atoms with Gasteiger partial charge in [0.05, 0.1) is 0 Å². The van der Waals surface area contributed by atoms with Crippen molar-refractivity contribution in [2.45, 2.75) is 25.3 Å². The fourth-order valence-electron chi connectivity index (χ4n) is 1.45. The molecule has 0 amide bonds. The molecule has 1 saturated carbocycles. The molecule has 1 aromatic rings. The summed E-state index contributed by atoms with van der Waals surface area (Å²) in [7, 11) is 0. The number of rotatable bonds is 3. The lowest BCUT2D eigenvalue weighted by molar-refractivity contribution is 0.598. The van der Waals surface area contributed by atoms with Gasteiger partial charge in [-0.3, -0.25) is 0 Å². The Morgan fingerprint density at radius 1 is 1.69 bits per heavy atom. The highest BCUT2D eigenvalue weighted by Crippen LogP contribution is 2.37. The number of nitriles is 1. The molecule has 1 unspecified atom stereocenters. The summed E-state index contributed by atoms with van der Waals surface area (Å²) in [5.41, 5.74) is 7.13. The Bertz CT molecular complexity index is 333. The Kier molecular flexibility index (Phi) is 2.34. The molecule has 0 radical (unpaired) electrons. The Hall–Kier alpha value is -0.850. The van der Waals surface area contributed by atoms with Crippen molar-refractivity contribution in [1.29, 1.82) is 5.26 Å². The summed E-state index contributed by atoms with van der Waals surface area (Å²) >= 11 is 1.48. The topological polar surface area (TPSA) is 49.8 Å². The quantitative estimate of drug-likeness (QED) is 0.799. The third-order valence-electron chi connectivity index (χ3n) is 2.44. The maximum Gasteiger partial charge on any atom is 0.110 e. The van der Waals surface area contributed by atoms with E-state index in [-0.39, 0.29) is 6.04 Å². The highest BCUT2D eigenvalue weighted by molar-refractivity contribution is 7.10. The molecule has 2 N–H and O–H groups in total. The number of hydrogen-bond donors (Lipinski definition) is 1. The van der Waals surface area contributed by atoms with Gasteiger partial charge in [0.25, 0.3) is 0 Å². The van der Waals surface area contributed by atoms with Crippen LogP contribution in [0.2, 0.25) is 0 Å². The van der Waals surface area contributed by atoms with Gasteiger partial charge in [0, 0.05) is 6.04 Å². The van der Waals surface area contributed by atoms with Crippen LogP contribution in [0.5, 0.6) is 0 Å². The second kappa shape index (κ2) is 3.49. The average molecular weight is 192 g/mol. The zero-order valence-electron chi connectivity index (χ0n) is 7.36. The van der Waals surface area contributed by atoms with Crippen molar-refractivity contribution < 1.29 is 0 Å². The van der Waals surface area contributed by atoms with Crippen LogP contribution in [0.3, 0.4) is 0 Å². The molecule has 1 atom stereocenters. The second-order valence-electron chi connectivity index (χ2n) is 3.64. The van der Waals surface area contributed by atoms with E-state index in [0.717, 1.165) is 22.8 Å². The minimum absolute atomic E-state index is 0.144. The fourth-order valence-corrected chi connectivity index (χ4v) is 2.22. The molecule has 1 heterocycles. The zero-order chi connectivity index (χ0) is 9.26. The second-order valence-corrected chi connectivity index (χ2v) is 4.55. The van der Waals surface area contributed by atoms with Crippen molar-refractivity contribution in [1.82, 2.24) is 0 Å². The largest absolute Gasteiger partial charge is 0.324 e. The normalized spacial score (nSPS) is 18.2. The highest BCUT2D eigenvalue weighted by Gasteiger charge is 2.24. The molecule has 2 nitrogen and oxygen atoms in total. The molecular weight excluding hydrogens is 180 g/mol. The van der Waals surface area contributed by atoms with E-state index >= 15 is 0 Å². The lowest BCUT2D eigenvalue weighted by atomic mass is 10.1. The Labute approximate surface area is 82.0 Å². The van der Waals surface area contributed by atoms with E-state index in [1.54, 1.807) is 0 Å². The van der Waals surface area contributed by atoms with Crippen molar-refractivity contribution >= 4 is 11.3 Å². The molecule has 0 saturated heterocycles. The summed E-state index contributed by atoms with van der Waals surface area (Å²) in [5.74, 6) is 0.848. The molecule has 13 heavy (non-hydrogen) atoms. The van der Waals surface area contributed by atoms with E-state index in [0.29, 0.717) is 0 Å². The van der Waals surface area contributed by atoms with E-state index in [4.69, 9.17) is 11.0 Å². The first kappa shape index (κ1) is 8.74. The maximum absolute atomic E-state index is 8.65. The van der Waals surface area contributed by atoms with E-state index in [2.05, 4.69) is 6.07 Å². The predicted molar refractivity (Wildman–Crippen MR) is 53.3 cm³/mol. The van der Waals surface area contributed by atoms with E-state index < -0.39 is 0 Å². The monoisotopic (exact) mass is 192 g/mol. The van der Waals surface area contributed by atoms with Crippen LogP contribution in [0.15, 0.2) is 11.4 Å². The van der Waals surface area contributed by atoms with Crippen LogP contribution in [0.25, 0.3) is 0 Å². The van der Waals surface area contributed by atoms with Crippen LogP contribution >= 0.6 is 11.3 Å². The fraction of sp³-hybridized carbons (Fsp3) is 0.500. The third-order valence-corrected chi connectivity index (χ3v) is 3.30. The van der Waals surface area contributed by atoms with E-state index in [1.807, 2.05) is 11.4 Å². The van der Waals surface area contributed by atoms with Gasteiger partial charge >= 0.3 is 0 Å².